The van der Waals surface area contributed by atoms with Crippen LogP contribution >= 0.6 is 12.4 Å². The van der Waals surface area contributed by atoms with Crippen LogP contribution in [0.2, 0.25) is 0 Å². The van der Waals surface area contributed by atoms with Crippen LogP contribution in [0.1, 0.15) is 24.5 Å². The zero-order chi connectivity index (χ0) is 16.5. The predicted molar refractivity (Wildman–Crippen MR) is 110 cm³/mol. The molecule has 4 rings (SSSR count). The summed E-state index contributed by atoms with van der Waals surface area (Å²) < 4.78 is 0. The number of H-pyrrole nitrogens is 1. The molecule has 1 fully saturated rings. The van der Waals surface area contributed by atoms with E-state index in [9.17, 15) is 0 Å². The summed E-state index contributed by atoms with van der Waals surface area (Å²) in [6.07, 6.45) is 4.21. The van der Waals surface area contributed by atoms with Crippen molar-refractivity contribution in [3.8, 4) is 0 Å². The fraction of sp³-hybridized carbons (Fsp3) is 0.368. The van der Waals surface area contributed by atoms with Gasteiger partial charge in [0.2, 0.25) is 5.95 Å². The first-order valence-corrected chi connectivity index (χ1v) is 8.53. The van der Waals surface area contributed by atoms with Crippen LogP contribution in [0, 0.1) is 0 Å². The molecule has 0 radical (unpaired) electrons. The third-order valence-electron chi connectivity index (χ3n) is 4.83. The van der Waals surface area contributed by atoms with Gasteiger partial charge in [-0.15, -0.1) is 12.4 Å². The van der Waals surface area contributed by atoms with E-state index < -0.39 is 0 Å². The van der Waals surface area contributed by atoms with E-state index >= 15 is 0 Å². The molecule has 0 bridgehead atoms. The van der Waals surface area contributed by atoms with Gasteiger partial charge in [0.15, 0.2) is 0 Å². The number of halogens is 1. The number of benzene rings is 1. The Kier molecular flexibility index (Phi) is 6.45. The van der Waals surface area contributed by atoms with Crippen molar-refractivity contribution in [2.45, 2.75) is 18.8 Å². The standard InChI is InChI=1S/C19H23N5.ClH.H2O/c1-23(2)19-20-13-18-17(22-19)12-16(21-18)14-8-10-24(11-9-14)15-6-4-3-5-7-15;;/h3-7,12-14,21H,8-11H2,1-2H3;1H;1H2. The number of para-hydroxylation sites is 1. The smallest absolute Gasteiger partial charge is 0.225 e. The summed E-state index contributed by atoms with van der Waals surface area (Å²) in [5.74, 6) is 1.33. The van der Waals surface area contributed by atoms with E-state index in [4.69, 9.17) is 0 Å². The first-order chi connectivity index (χ1) is 11.7. The Bertz CT molecular complexity index is 828. The van der Waals surface area contributed by atoms with Crippen LogP contribution < -0.4 is 9.80 Å². The van der Waals surface area contributed by atoms with Crippen molar-refractivity contribution < 1.29 is 5.48 Å². The van der Waals surface area contributed by atoms with Crippen LogP contribution in [-0.4, -0.2) is 47.6 Å². The zero-order valence-electron chi connectivity index (χ0n) is 15.1. The van der Waals surface area contributed by atoms with Crippen LogP contribution in [0.25, 0.3) is 11.0 Å². The van der Waals surface area contributed by atoms with Crippen molar-refractivity contribution in [2.24, 2.45) is 0 Å². The molecule has 1 aliphatic rings. The number of nitrogens with one attached hydrogen (secondary N) is 1. The topological polar surface area (TPSA) is 79.6 Å². The van der Waals surface area contributed by atoms with Gasteiger partial charge >= 0.3 is 0 Å². The molecule has 0 unspecified atom stereocenters. The summed E-state index contributed by atoms with van der Waals surface area (Å²) in [7, 11) is 3.93. The van der Waals surface area contributed by atoms with E-state index in [1.807, 2.05) is 25.2 Å². The third-order valence-corrected chi connectivity index (χ3v) is 4.83. The molecule has 1 aromatic carbocycles. The quantitative estimate of drug-likeness (QED) is 0.763. The van der Waals surface area contributed by atoms with Gasteiger partial charge in [0.25, 0.3) is 0 Å². The normalized spacial score (nSPS) is 14.6. The fourth-order valence-corrected chi connectivity index (χ4v) is 3.45. The molecule has 3 N–H and O–H groups in total. The Balaban J connectivity index is 0.00000121. The number of piperidine rings is 1. The summed E-state index contributed by atoms with van der Waals surface area (Å²) >= 11 is 0. The van der Waals surface area contributed by atoms with Crippen molar-refractivity contribution >= 4 is 35.1 Å². The van der Waals surface area contributed by atoms with Gasteiger partial charge in [-0.3, -0.25) is 0 Å². The van der Waals surface area contributed by atoms with Gasteiger partial charge in [0.1, 0.15) is 0 Å². The average Bonchev–Trinajstić information content (AvgIpc) is 3.06. The SMILES string of the molecule is CN(C)c1ncc2[nH]c(C3CCN(c4ccccc4)CC3)cc2n1.Cl.O. The van der Waals surface area contributed by atoms with Gasteiger partial charge in [0, 0.05) is 44.5 Å². The highest BCUT2D eigenvalue weighted by Gasteiger charge is 2.22. The summed E-state index contributed by atoms with van der Waals surface area (Å²) in [5.41, 5.74) is 4.66. The van der Waals surface area contributed by atoms with E-state index in [-0.39, 0.29) is 17.9 Å². The molecule has 0 aliphatic carbocycles. The summed E-state index contributed by atoms with van der Waals surface area (Å²) in [6, 6.07) is 12.9. The highest BCUT2D eigenvalue weighted by molar-refractivity contribution is 5.85. The largest absolute Gasteiger partial charge is 0.412 e. The highest BCUT2D eigenvalue weighted by Crippen LogP contribution is 2.31. The van der Waals surface area contributed by atoms with Crippen molar-refractivity contribution in [3.05, 3.63) is 48.3 Å². The minimum atomic E-state index is 0. The highest BCUT2D eigenvalue weighted by atomic mass is 35.5. The number of anilines is 2. The lowest BCUT2D eigenvalue weighted by molar-refractivity contribution is 0.498. The van der Waals surface area contributed by atoms with Crippen molar-refractivity contribution in [1.82, 2.24) is 15.0 Å². The number of aromatic amines is 1. The molecule has 0 atom stereocenters. The molecule has 3 aromatic rings. The second-order valence-electron chi connectivity index (χ2n) is 6.68. The molecule has 140 valence electrons. The number of nitrogens with zero attached hydrogens (tertiary/aromatic N) is 4. The third kappa shape index (κ3) is 3.92. The predicted octanol–water partition coefficient (Wildman–Crippen LogP) is 3.01. The van der Waals surface area contributed by atoms with E-state index in [2.05, 4.69) is 56.3 Å². The van der Waals surface area contributed by atoms with Gasteiger partial charge < -0.3 is 20.3 Å². The minimum Gasteiger partial charge on any atom is -0.412 e. The second kappa shape index (κ2) is 8.38. The lowest BCUT2D eigenvalue weighted by atomic mass is 9.93. The monoisotopic (exact) mass is 375 g/mol. The van der Waals surface area contributed by atoms with Gasteiger partial charge in [-0.05, 0) is 31.0 Å². The van der Waals surface area contributed by atoms with Crippen LogP contribution in [0.4, 0.5) is 11.6 Å². The Morgan fingerprint density at radius 3 is 2.46 bits per heavy atom. The fourth-order valence-electron chi connectivity index (χ4n) is 3.45. The van der Waals surface area contributed by atoms with Gasteiger partial charge in [-0.25, -0.2) is 9.97 Å². The maximum atomic E-state index is 4.63. The van der Waals surface area contributed by atoms with Crippen LogP contribution in [-0.2, 0) is 0 Å². The maximum absolute atomic E-state index is 4.63. The average molecular weight is 376 g/mol. The number of hydrogen-bond acceptors (Lipinski definition) is 4. The number of hydrogen-bond donors (Lipinski definition) is 1. The van der Waals surface area contributed by atoms with E-state index in [0.29, 0.717) is 5.92 Å². The Morgan fingerprint density at radius 1 is 1.12 bits per heavy atom. The molecule has 0 amide bonds. The Morgan fingerprint density at radius 2 is 1.81 bits per heavy atom. The second-order valence-corrected chi connectivity index (χ2v) is 6.68. The number of rotatable bonds is 3. The summed E-state index contributed by atoms with van der Waals surface area (Å²) in [5, 5.41) is 0. The maximum Gasteiger partial charge on any atom is 0.225 e. The zero-order valence-corrected chi connectivity index (χ0v) is 16.0. The van der Waals surface area contributed by atoms with Gasteiger partial charge in [0.05, 0.1) is 17.2 Å². The van der Waals surface area contributed by atoms with E-state index in [1.165, 1.54) is 11.4 Å². The molecule has 26 heavy (non-hydrogen) atoms. The molecule has 6 nitrogen and oxygen atoms in total. The number of aromatic nitrogens is 3. The first kappa shape index (κ1) is 20.0. The molecular formula is C19H26ClN5O. The van der Waals surface area contributed by atoms with Crippen LogP contribution in [0.5, 0.6) is 0 Å². The lowest BCUT2D eigenvalue weighted by Crippen LogP contribution is -2.32. The van der Waals surface area contributed by atoms with Gasteiger partial charge in [-0.1, -0.05) is 18.2 Å². The van der Waals surface area contributed by atoms with E-state index in [0.717, 1.165) is 42.9 Å². The summed E-state index contributed by atoms with van der Waals surface area (Å²) in [6.45, 7) is 2.19. The summed E-state index contributed by atoms with van der Waals surface area (Å²) in [4.78, 5) is 17.0. The molecule has 2 aromatic heterocycles. The molecule has 0 spiro atoms. The molecule has 7 heteroatoms. The van der Waals surface area contributed by atoms with Crippen molar-refractivity contribution in [3.63, 3.8) is 0 Å². The van der Waals surface area contributed by atoms with Crippen LogP contribution in [0.15, 0.2) is 42.6 Å². The van der Waals surface area contributed by atoms with E-state index in [1.54, 1.807) is 0 Å². The van der Waals surface area contributed by atoms with Crippen molar-refractivity contribution in [2.75, 3.05) is 37.0 Å². The van der Waals surface area contributed by atoms with Crippen molar-refractivity contribution in [1.29, 1.82) is 0 Å². The molecule has 3 heterocycles. The first-order valence-electron chi connectivity index (χ1n) is 8.53. The van der Waals surface area contributed by atoms with Crippen LogP contribution in [0.3, 0.4) is 0 Å². The Hall–Kier alpha value is -2.31. The molecule has 1 saturated heterocycles. The molecule has 1 aliphatic heterocycles. The molecule has 0 saturated carbocycles. The minimum absolute atomic E-state index is 0. The Labute approximate surface area is 160 Å². The number of fused-ring (bicyclic) bond motifs is 1. The lowest BCUT2D eigenvalue weighted by Gasteiger charge is -2.33. The molecular weight excluding hydrogens is 350 g/mol. The van der Waals surface area contributed by atoms with Gasteiger partial charge in [-0.2, -0.15) is 0 Å².